The van der Waals surface area contributed by atoms with Gasteiger partial charge in [0, 0.05) is 12.1 Å². The molecule has 0 spiro atoms. The Morgan fingerprint density at radius 1 is 1.30 bits per heavy atom. The molecule has 2 aliphatic rings. The quantitative estimate of drug-likeness (QED) is 0.780. The molecule has 0 saturated carbocycles. The van der Waals surface area contributed by atoms with Crippen molar-refractivity contribution in [2.75, 3.05) is 13.7 Å². The van der Waals surface area contributed by atoms with Gasteiger partial charge in [-0.25, -0.2) is 0 Å². The summed E-state index contributed by atoms with van der Waals surface area (Å²) in [6, 6.07) is 6.16. The first kappa shape index (κ1) is 15.9. The van der Waals surface area contributed by atoms with Gasteiger partial charge in [0.1, 0.15) is 5.75 Å². The lowest BCUT2D eigenvalue weighted by atomic mass is 10.1. The Morgan fingerprint density at radius 2 is 2.04 bits per heavy atom. The standard InChI is InChI=1S/C16H17F3N2O2/c1-20(10-21-13-7-6-11(8-13)15(21)22)9-12-4-2-3-5-14(12)23-16(17,18)19/h2-7,11,13H,8-10H2,1H3/t11-,13-/m0/s1. The number of rotatable bonds is 5. The first-order valence-corrected chi connectivity index (χ1v) is 7.34. The summed E-state index contributed by atoms with van der Waals surface area (Å²) in [7, 11) is 1.77. The molecule has 0 unspecified atom stereocenters. The molecule has 1 aromatic carbocycles. The van der Waals surface area contributed by atoms with Gasteiger partial charge in [-0.3, -0.25) is 9.69 Å². The van der Waals surface area contributed by atoms with Crippen molar-refractivity contribution >= 4 is 5.91 Å². The number of halogens is 3. The molecule has 23 heavy (non-hydrogen) atoms. The number of alkyl halides is 3. The summed E-state index contributed by atoms with van der Waals surface area (Å²) in [5.74, 6) is -0.153. The van der Waals surface area contributed by atoms with E-state index in [1.54, 1.807) is 24.1 Å². The Bertz CT molecular complexity index is 630. The Hall–Kier alpha value is -2.02. The third-order valence-corrected chi connectivity index (χ3v) is 4.09. The highest BCUT2D eigenvalue weighted by molar-refractivity contribution is 5.85. The Morgan fingerprint density at radius 3 is 2.70 bits per heavy atom. The van der Waals surface area contributed by atoms with Crippen molar-refractivity contribution in [1.29, 1.82) is 0 Å². The molecule has 7 heteroatoms. The maximum atomic E-state index is 12.4. The van der Waals surface area contributed by atoms with Crippen molar-refractivity contribution in [1.82, 2.24) is 9.80 Å². The van der Waals surface area contributed by atoms with Crippen molar-refractivity contribution < 1.29 is 22.7 Å². The van der Waals surface area contributed by atoms with E-state index in [1.807, 2.05) is 17.1 Å². The molecule has 0 radical (unpaired) electrons. The second-order valence-electron chi connectivity index (χ2n) is 5.91. The average molecular weight is 326 g/mol. The van der Waals surface area contributed by atoms with E-state index in [0.717, 1.165) is 6.42 Å². The molecule has 1 fully saturated rings. The average Bonchev–Trinajstić information content (AvgIpc) is 3.03. The fraction of sp³-hybridized carbons (Fsp3) is 0.438. The highest BCUT2D eigenvalue weighted by Crippen LogP contribution is 2.33. The fourth-order valence-corrected chi connectivity index (χ4v) is 3.10. The van der Waals surface area contributed by atoms with Gasteiger partial charge in [-0.1, -0.05) is 30.4 Å². The van der Waals surface area contributed by atoms with E-state index in [0.29, 0.717) is 12.2 Å². The van der Waals surface area contributed by atoms with E-state index in [4.69, 9.17) is 0 Å². The second kappa shape index (κ2) is 5.88. The van der Waals surface area contributed by atoms with Crippen LogP contribution in [0, 0.1) is 5.92 Å². The van der Waals surface area contributed by atoms with Crippen molar-refractivity contribution in [3.05, 3.63) is 42.0 Å². The third-order valence-electron chi connectivity index (χ3n) is 4.09. The smallest absolute Gasteiger partial charge is 0.405 e. The Kier molecular flexibility index (Phi) is 4.06. The maximum Gasteiger partial charge on any atom is 0.573 e. The predicted molar refractivity (Wildman–Crippen MR) is 77.3 cm³/mol. The number of para-hydroxylation sites is 1. The molecule has 3 rings (SSSR count). The molecular weight excluding hydrogens is 309 g/mol. The second-order valence-corrected chi connectivity index (χ2v) is 5.91. The first-order valence-electron chi connectivity index (χ1n) is 7.34. The molecule has 1 saturated heterocycles. The summed E-state index contributed by atoms with van der Waals surface area (Å²) in [5, 5.41) is 0. The number of amides is 1. The van der Waals surface area contributed by atoms with Crippen LogP contribution in [0.3, 0.4) is 0 Å². The lowest BCUT2D eigenvalue weighted by Crippen LogP contribution is -2.42. The van der Waals surface area contributed by atoms with E-state index >= 15 is 0 Å². The van der Waals surface area contributed by atoms with Crippen LogP contribution in [0.5, 0.6) is 5.75 Å². The molecule has 0 N–H and O–H groups in total. The van der Waals surface area contributed by atoms with Crippen LogP contribution in [0.15, 0.2) is 36.4 Å². The number of fused-ring (bicyclic) bond motifs is 2. The van der Waals surface area contributed by atoms with Gasteiger partial charge in [-0.2, -0.15) is 0 Å². The fourth-order valence-electron chi connectivity index (χ4n) is 3.10. The Balaban J connectivity index is 1.65. The van der Waals surface area contributed by atoms with E-state index in [9.17, 15) is 18.0 Å². The monoisotopic (exact) mass is 326 g/mol. The molecule has 2 bridgehead atoms. The number of carbonyl (C=O) groups excluding carboxylic acids is 1. The Labute approximate surface area is 132 Å². The largest absolute Gasteiger partial charge is 0.573 e. The SMILES string of the molecule is CN(Cc1ccccc1OC(F)(F)F)CN1C(=O)[C@H]2C=C[C@H]1C2. The zero-order valence-corrected chi connectivity index (χ0v) is 12.6. The van der Waals surface area contributed by atoms with Crippen LogP contribution in [0.4, 0.5) is 13.2 Å². The van der Waals surface area contributed by atoms with Crippen molar-refractivity contribution in [3.8, 4) is 5.75 Å². The normalized spacial score (nSPS) is 23.2. The molecule has 1 heterocycles. The van der Waals surface area contributed by atoms with Crippen molar-refractivity contribution in [3.63, 3.8) is 0 Å². The maximum absolute atomic E-state index is 12.4. The van der Waals surface area contributed by atoms with E-state index in [2.05, 4.69) is 4.74 Å². The van der Waals surface area contributed by atoms with Crippen LogP contribution >= 0.6 is 0 Å². The van der Waals surface area contributed by atoms with Crippen LogP contribution in [0.2, 0.25) is 0 Å². The number of carbonyl (C=O) groups is 1. The van der Waals surface area contributed by atoms with Crippen molar-refractivity contribution in [2.24, 2.45) is 5.92 Å². The summed E-state index contributed by atoms with van der Waals surface area (Å²) < 4.78 is 41.4. The van der Waals surface area contributed by atoms with Gasteiger partial charge in [0.25, 0.3) is 0 Å². The summed E-state index contributed by atoms with van der Waals surface area (Å²) in [4.78, 5) is 15.7. The molecule has 2 atom stereocenters. The van der Waals surface area contributed by atoms with Gasteiger partial charge in [-0.05, 0) is 19.5 Å². The van der Waals surface area contributed by atoms with Crippen LogP contribution in [0.1, 0.15) is 12.0 Å². The van der Waals surface area contributed by atoms with E-state index in [1.165, 1.54) is 12.1 Å². The molecular formula is C16H17F3N2O2. The molecule has 124 valence electrons. The van der Waals surface area contributed by atoms with E-state index < -0.39 is 6.36 Å². The zero-order chi connectivity index (χ0) is 16.6. The number of benzene rings is 1. The summed E-state index contributed by atoms with van der Waals surface area (Å²) in [5.41, 5.74) is 0.430. The highest BCUT2D eigenvalue weighted by atomic mass is 19.4. The van der Waals surface area contributed by atoms with Crippen LogP contribution in [-0.4, -0.2) is 41.8 Å². The molecule has 1 amide bonds. The number of ether oxygens (including phenoxy) is 1. The molecule has 4 nitrogen and oxygen atoms in total. The topological polar surface area (TPSA) is 32.8 Å². The molecule has 0 aromatic heterocycles. The lowest BCUT2D eigenvalue weighted by Gasteiger charge is -2.29. The van der Waals surface area contributed by atoms with Gasteiger partial charge in [0.05, 0.1) is 18.6 Å². The number of nitrogens with zero attached hydrogens (tertiary/aromatic N) is 2. The van der Waals surface area contributed by atoms with Gasteiger partial charge >= 0.3 is 6.36 Å². The summed E-state index contributed by atoms with van der Waals surface area (Å²) in [6.45, 7) is 0.641. The van der Waals surface area contributed by atoms with Crippen LogP contribution < -0.4 is 4.74 Å². The summed E-state index contributed by atoms with van der Waals surface area (Å²) in [6.07, 6.45) is 0.0283. The number of likely N-dealkylation sites (tertiary alicyclic amines) is 1. The number of hydrogen-bond acceptors (Lipinski definition) is 3. The van der Waals surface area contributed by atoms with E-state index in [-0.39, 0.29) is 30.2 Å². The molecule has 1 aliphatic heterocycles. The third kappa shape index (κ3) is 3.50. The van der Waals surface area contributed by atoms with Gasteiger partial charge in [-0.15, -0.1) is 13.2 Å². The lowest BCUT2D eigenvalue weighted by molar-refractivity contribution is -0.275. The summed E-state index contributed by atoms with van der Waals surface area (Å²) >= 11 is 0. The van der Waals surface area contributed by atoms with Crippen LogP contribution in [0.25, 0.3) is 0 Å². The predicted octanol–water partition coefficient (Wildman–Crippen LogP) is 2.76. The first-order chi connectivity index (χ1) is 10.8. The highest BCUT2D eigenvalue weighted by Gasteiger charge is 2.41. The minimum absolute atomic E-state index is 0.0331. The van der Waals surface area contributed by atoms with Gasteiger partial charge in [0.2, 0.25) is 5.91 Å². The molecule has 1 aliphatic carbocycles. The minimum atomic E-state index is -4.72. The minimum Gasteiger partial charge on any atom is -0.405 e. The zero-order valence-electron chi connectivity index (χ0n) is 12.6. The molecule has 1 aromatic rings. The van der Waals surface area contributed by atoms with Crippen molar-refractivity contribution in [2.45, 2.75) is 25.4 Å². The van der Waals surface area contributed by atoms with Gasteiger partial charge in [0.15, 0.2) is 0 Å². The number of hydrogen-bond donors (Lipinski definition) is 0. The van der Waals surface area contributed by atoms with Gasteiger partial charge < -0.3 is 9.64 Å². The van der Waals surface area contributed by atoms with Crippen LogP contribution in [-0.2, 0) is 11.3 Å².